The molecule has 1 aromatic carbocycles. The van der Waals surface area contributed by atoms with E-state index in [2.05, 4.69) is 30.9 Å². The van der Waals surface area contributed by atoms with Crippen LogP contribution in [0.5, 0.6) is 5.75 Å². The first-order valence-corrected chi connectivity index (χ1v) is 10.4. The molecular formula is C22H34N2O4. The number of aliphatic hydroxyl groups is 1. The Morgan fingerprint density at radius 1 is 1.14 bits per heavy atom. The van der Waals surface area contributed by atoms with Gasteiger partial charge in [-0.1, -0.05) is 12.1 Å². The Balaban J connectivity index is 1.42. The van der Waals surface area contributed by atoms with Crippen molar-refractivity contribution in [2.75, 3.05) is 52.5 Å². The first-order chi connectivity index (χ1) is 13.5. The van der Waals surface area contributed by atoms with Gasteiger partial charge in [0, 0.05) is 25.6 Å². The van der Waals surface area contributed by atoms with Crippen LogP contribution >= 0.6 is 0 Å². The maximum Gasteiger partial charge on any atom is 0.225 e. The van der Waals surface area contributed by atoms with Crippen LogP contribution in [0.25, 0.3) is 0 Å². The van der Waals surface area contributed by atoms with Crippen molar-refractivity contribution in [3.05, 3.63) is 28.8 Å². The number of aliphatic hydroxyl groups excluding tert-OH is 1. The molecule has 2 heterocycles. The van der Waals surface area contributed by atoms with Gasteiger partial charge >= 0.3 is 0 Å². The molecule has 6 heteroatoms. The molecule has 1 N–H and O–H groups in total. The summed E-state index contributed by atoms with van der Waals surface area (Å²) in [5.74, 6) is 1.27. The van der Waals surface area contributed by atoms with Gasteiger partial charge in [-0.05, 0) is 63.4 Å². The van der Waals surface area contributed by atoms with Gasteiger partial charge in [0.05, 0.1) is 13.2 Å². The van der Waals surface area contributed by atoms with Crippen molar-refractivity contribution in [1.82, 2.24) is 9.80 Å². The number of carbonyl (C=O) groups excluding carboxylic acids is 1. The summed E-state index contributed by atoms with van der Waals surface area (Å²) in [4.78, 5) is 16.8. The molecule has 28 heavy (non-hydrogen) atoms. The zero-order valence-electron chi connectivity index (χ0n) is 17.4. The van der Waals surface area contributed by atoms with E-state index in [0.717, 1.165) is 42.8 Å². The standard InChI is InChI=1S/C22H34N2O4/c1-16-4-5-17(2)21(18(16)3)28-15-20(25)14-23-8-6-19(7-9-23)22(26)24-10-12-27-13-11-24/h4-5,19-20,25H,6-15H2,1-3H3. The van der Waals surface area contributed by atoms with Crippen LogP contribution in [0.1, 0.15) is 29.5 Å². The fraction of sp³-hybridized carbons (Fsp3) is 0.682. The van der Waals surface area contributed by atoms with E-state index >= 15 is 0 Å². The number of carbonyl (C=O) groups is 1. The van der Waals surface area contributed by atoms with E-state index in [1.807, 2.05) is 11.8 Å². The third kappa shape index (κ3) is 5.25. The van der Waals surface area contributed by atoms with Crippen molar-refractivity contribution in [3.8, 4) is 5.75 Å². The minimum atomic E-state index is -0.536. The second kappa shape index (κ2) is 9.72. The van der Waals surface area contributed by atoms with E-state index in [0.29, 0.717) is 32.8 Å². The second-order valence-corrected chi connectivity index (χ2v) is 8.13. The third-order valence-corrected chi connectivity index (χ3v) is 6.02. The largest absolute Gasteiger partial charge is 0.490 e. The number of likely N-dealkylation sites (tertiary alicyclic amines) is 1. The second-order valence-electron chi connectivity index (χ2n) is 8.13. The lowest BCUT2D eigenvalue weighted by molar-refractivity contribution is -0.141. The van der Waals surface area contributed by atoms with E-state index in [1.54, 1.807) is 0 Å². The van der Waals surface area contributed by atoms with Crippen molar-refractivity contribution in [2.24, 2.45) is 5.92 Å². The maximum absolute atomic E-state index is 12.6. The number of aryl methyl sites for hydroxylation is 2. The molecule has 1 unspecified atom stereocenters. The summed E-state index contributed by atoms with van der Waals surface area (Å²) in [5, 5.41) is 10.4. The number of rotatable bonds is 6. The minimum Gasteiger partial charge on any atom is -0.490 e. The predicted molar refractivity (Wildman–Crippen MR) is 109 cm³/mol. The van der Waals surface area contributed by atoms with Crippen molar-refractivity contribution in [1.29, 1.82) is 0 Å². The number of morpholine rings is 1. The van der Waals surface area contributed by atoms with Crippen molar-refractivity contribution < 1.29 is 19.4 Å². The molecule has 3 rings (SSSR count). The summed E-state index contributed by atoms with van der Waals surface area (Å²) in [5.41, 5.74) is 3.43. The number of hydrogen-bond donors (Lipinski definition) is 1. The molecule has 0 spiro atoms. The fourth-order valence-corrected chi connectivity index (χ4v) is 4.08. The molecule has 0 bridgehead atoms. The highest BCUT2D eigenvalue weighted by molar-refractivity contribution is 5.79. The van der Waals surface area contributed by atoms with Gasteiger partial charge in [-0.25, -0.2) is 0 Å². The quantitative estimate of drug-likeness (QED) is 0.804. The van der Waals surface area contributed by atoms with Gasteiger partial charge in [0.2, 0.25) is 5.91 Å². The lowest BCUT2D eigenvalue weighted by atomic mass is 9.95. The van der Waals surface area contributed by atoms with Gasteiger partial charge in [-0.2, -0.15) is 0 Å². The number of nitrogens with zero attached hydrogens (tertiary/aromatic N) is 2. The molecule has 0 aromatic heterocycles. The van der Waals surface area contributed by atoms with Crippen LogP contribution in [-0.4, -0.2) is 79.5 Å². The Morgan fingerprint density at radius 3 is 2.46 bits per heavy atom. The van der Waals surface area contributed by atoms with E-state index in [1.165, 1.54) is 5.56 Å². The highest BCUT2D eigenvalue weighted by Gasteiger charge is 2.30. The van der Waals surface area contributed by atoms with Gasteiger partial charge in [0.25, 0.3) is 0 Å². The Labute approximate surface area is 168 Å². The van der Waals surface area contributed by atoms with Crippen LogP contribution in [0.3, 0.4) is 0 Å². The SMILES string of the molecule is Cc1ccc(C)c(OCC(O)CN2CCC(C(=O)N3CCOCC3)CC2)c1C. The van der Waals surface area contributed by atoms with Crippen molar-refractivity contribution in [2.45, 2.75) is 39.7 Å². The summed E-state index contributed by atoms with van der Waals surface area (Å²) in [6.07, 6.45) is 1.19. The summed E-state index contributed by atoms with van der Waals surface area (Å²) >= 11 is 0. The maximum atomic E-state index is 12.6. The zero-order chi connectivity index (χ0) is 20.1. The number of ether oxygens (including phenoxy) is 2. The van der Waals surface area contributed by atoms with Gasteiger partial charge < -0.3 is 24.4 Å². The van der Waals surface area contributed by atoms with Gasteiger partial charge in [0.15, 0.2) is 0 Å². The average Bonchev–Trinajstić information content (AvgIpc) is 2.71. The lowest BCUT2D eigenvalue weighted by Gasteiger charge is -2.36. The van der Waals surface area contributed by atoms with Crippen LogP contribution in [-0.2, 0) is 9.53 Å². The van der Waals surface area contributed by atoms with Crippen LogP contribution in [0.15, 0.2) is 12.1 Å². The first-order valence-electron chi connectivity index (χ1n) is 10.4. The molecule has 6 nitrogen and oxygen atoms in total. The number of piperidine rings is 1. The number of β-amino-alcohol motifs (C(OH)–C–C–N with tert-alkyl or cyclic N) is 1. The molecule has 156 valence electrons. The Hall–Kier alpha value is -1.63. The summed E-state index contributed by atoms with van der Waals surface area (Å²) in [7, 11) is 0. The molecule has 0 saturated carbocycles. The van der Waals surface area contributed by atoms with E-state index < -0.39 is 6.10 Å². The smallest absolute Gasteiger partial charge is 0.225 e. The topological polar surface area (TPSA) is 62.2 Å². The fourth-order valence-electron chi connectivity index (χ4n) is 4.08. The van der Waals surface area contributed by atoms with Gasteiger partial charge in [-0.15, -0.1) is 0 Å². The van der Waals surface area contributed by atoms with Crippen molar-refractivity contribution >= 4 is 5.91 Å². The molecule has 2 aliphatic rings. The van der Waals surface area contributed by atoms with E-state index in [4.69, 9.17) is 9.47 Å². The van der Waals surface area contributed by atoms with Crippen LogP contribution in [0, 0.1) is 26.7 Å². The predicted octanol–water partition coefficient (Wildman–Crippen LogP) is 1.92. The molecule has 2 aliphatic heterocycles. The summed E-state index contributed by atoms with van der Waals surface area (Å²) in [6, 6.07) is 4.15. The highest BCUT2D eigenvalue weighted by atomic mass is 16.5. The lowest BCUT2D eigenvalue weighted by Crippen LogP contribution is -2.48. The molecule has 1 atom stereocenters. The van der Waals surface area contributed by atoms with Crippen LogP contribution in [0.2, 0.25) is 0 Å². The van der Waals surface area contributed by atoms with E-state index in [9.17, 15) is 9.90 Å². The Morgan fingerprint density at radius 2 is 1.79 bits per heavy atom. The molecule has 0 radical (unpaired) electrons. The van der Waals surface area contributed by atoms with Gasteiger partial charge in [0.1, 0.15) is 18.5 Å². The van der Waals surface area contributed by atoms with Crippen LogP contribution in [0.4, 0.5) is 0 Å². The molecule has 2 saturated heterocycles. The first kappa shape index (κ1) is 21.1. The zero-order valence-corrected chi connectivity index (χ0v) is 17.4. The normalized spacial score (nSPS) is 20.2. The highest BCUT2D eigenvalue weighted by Crippen LogP contribution is 2.26. The number of benzene rings is 1. The number of amides is 1. The molecule has 2 fully saturated rings. The van der Waals surface area contributed by atoms with Crippen LogP contribution < -0.4 is 4.74 Å². The Bertz CT molecular complexity index is 665. The summed E-state index contributed by atoms with van der Waals surface area (Å²) in [6.45, 7) is 11.5. The third-order valence-electron chi connectivity index (χ3n) is 6.02. The van der Waals surface area contributed by atoms with Crippen molar-refractivity contribution in [3.63, 3.8) is 0 Å². The molecular weight excluding hydrogens is 356 g/mol. The van der Waals surface area contributed by atoms with E-state index in [-0.39, 0.29) is 18.4 Å². The summed E-state index contributed by atoms with van der Waals surface area (Å²) < 4.78 is 11.3. The van der Waals surface area contributed by atoms with Gasteiger partial charge in [-0.3, -0.25) is 4.79 Å². The Kier molecular flexibility index (Phi) is 7.32. The molecule has 0 aliphatic carbocycles. The minimum absolute atomic E-state index is 0.111. The average molecular weight is 391 g/mol. The molecule has 1 amide bonds. The number of hydrogen-bond acceptors (Lipinski definition) is 5. The molecule has 1 aromatic rings. The monoisotopic (exact) mass is 390 g/mol.